The Kier molecular flexibility index (Phi) is 4.16. The van der Waals surface area contributed by atoms with E-state index in [0.717, 1.165) is 19.3 Å². The highest BCUT2D eigenvalue weighted by molar-refractivity contribution is 6.01. The SMILES string of the molecule is CC(=O)c1cc(C(=O)NC2(C(=O)O)CCCCC2)n(C)c1. The summed E-state index contributed by atoms with van der Waals surface area (Å²) in [5.41, 5.74) is -0.447. The fourth-order valence-electron chi connectivity index (χ4n) is 2.81. The van der Waals surface area contributed by atoms with Gasteiger partial charge in [-0.25, -0.2) is 4.79 Å². The van der Waals surface area contributed by atoms with Crippen molar-refractivity contribution in [3.63, 3.8) is 0 Å². The Balaban J connectivity index is 2.23. The lowest BCUT2D eigenvalue weighted by Gasteiger charge is -2.33. The Bertz CT molecular complexity index is 582. The molecule has 0 unspecified atom stereocenters. The number of aromatic nitrogens is 1. The molecule has 114 valence electrons. The number of nitrogens with one attached hydrogen (secondary N) is 1. The molecule has 0 atom stereocenters. The van der Waals surface area contributed by atoms with E-state index in [1.165, 1.54) is 13.0 Å². The first-order chi connectivity index (χ1) is 9.85. The first kappa shape index (κ1) is 15.3. The van der Waals surface area contributed by atoms with Gasteiger partial charge in [-0.1, -0.05) is 19.3 Å². The molecule has 1 fully saturated rings. The Morgan fingerprint density at radius 1 is 1.24 bits per heavy atom. The molecule has 1 amide bonds. The number of hydrogen-bond donors (Lipinski definition) is 2. The zero-order valence-corrected chi connectivity index (χ0v) is 12.3. The van der Waals surface area contributed by atoms with Gasteiger partial charge < -0.3 is 15.0 Å². The van der Waals surface area contributed by atoms with Crippen molar-refractivity contribution in [2.24, 2.45) is 7.05 Å². The normalized spacial score (nSPS) is 17.2. The summed E-state index contributed by atoms with van der Waals surface area (Å²) in [5, 5.41) is 12.1. The number of Topliss-reactive ketones (excluding diaryl/α,β-unsaturated/α-hetero) is 1. The molecule has 0 spiro atoms. The lowest BCUT2D eigenvalue weighted by Crippen LogP contribution is -2.55. The van der Waals surface area contributed by atoms with Crippen molar-refractivity contribution in [1.82, 2.24) is 9.88 Å². The number of aryl methyl sites for hydroxylation is 1. The summed E-state index contributed by atoms with van der Waals surface area (Å²) < 4.78 is 1.55. The quantitative estimate of drug-likeness (QED) is 0.827. The van der Waals surface area contributed by atoms with Crippen LogP contribution in [0.15, 0.2) is 12.3 Å². The number of carbonyl (C=O) groups excluding carboxylic acids is 2. The predicted molar refractivity (Wildman–Crippen MR) is 76.3 cm³/mol. The van der Waals surface area contributed by atoms with E-state index in [-0.39, 0.29) is 5.78 Å². The van der Waals surface area contributed by atoms with Gasteiger partial charge in [0.15, 0.2) is 5.78 Å². The summed E-state index contributed by atoms with van der Waals surface area (Å²) in [6.07, 6.45) is 5.03. The van der Waals surface area contributed by atoms with Crippen molar-refractivity contribution in [3.8, 4) is 0 Å². The van der Waals surface area contributed by atoms with Crippen LogP contribution in [0.1, 0.15) is 59.9 Å². The van der Waals surface area contributed by atoms with Gasteiger partial charge in [0.05, 0.1) is 0 Å². The molecule has 0 aromatic carbocycles. The van der Waals surface area contributed by atoms with E-state index in [4.69, 9.17) is 0 Å². The number of carboxylic acid groups (broad SMARTS) is 1. The third-order valence-electron chi connectivity index (χ3n) is 4.11. The van der Waals surface area contributed by atoms with E-state index < -0.39 is 17.4 Å². The number of ketones is 1. The summed E-state index contributed by atoms with van der Waals surface area (Å²) in [5.74, 6) is -1.57. The molecule has 0 aliphatic heterocycles. The Hall–Kier alpha value is -2.11. The maximum absolute atomic E-state index is 12.4. The van der Waals surface area contributed by atoms with Crippen molar-refractivity contribution in [2.75, 3.05) is 0 Å². The molecule has 6 heteroatoms. The highest BCUT2D eigenvalue weighted by Crippen LogP contribution is 2.29. The van der Waals surface area contributed by atoms with Crippen LogP contribution in [0.4, 0.5) is 0 Å². The van der Waals surface area contributed by atoms with Gasteiger partial charge in [0.2, 0.25) is 0 Å². The van der Waals surface area contributed by atoms with Crippen LogP contribution in [0.5, 0.6) is 0 Å². The van der Waals surface area contributed by atoms with E-state index in [0.29, 0.717) is 24.1 Å². The molecule has 1 aromatic heterocycles. The third-order valence-corrected chi connectivity index (χ3v) is 4.11. The molecule has 6 nitrogen and oxygen atoms in total. The smallest absolute Gasteiger partial charge is 0.329 e. The Morgan fingerprint density at radius 2 is 1.86 bits per heavy atom. The fourth-order valence-corrected chi connectivity index (χ4v) is 2.81. The molecule has 1 aliphatic carbocycles. The zero-order chi connectivity index (χ0) is 15.6. The number of rotatable bonds is 4. The first-order valence-corrected chi connectivity index (χ1v) is 7.09. The van der Waals surface area contributed by atoms with Crippen LogP contribution < -0.4 is 5.32 Å². The molecule has 1 saturated carbocycles. The average molecular weight is 292 g/mol. The number of nitrogens with zero attached hydrogens (tertiary/aromatic N) is 1. The number of amides is 1. The largest absolute Gasteiger partial charge is 0.480 e. The standard InChI is InChI=1S/C15H20N2O4/c1-10(18)11-8-12(17(2)9-11)13(19)16-15(14(20)21)6-4-3-5-7-15/h8-9H,3-7H2,1-2H3,(H,16,19)(H,20,21). The van der Waals surface area contributed by atoms with Gasteiger partial charge in [-0.05, 0) is 25.8 Å². The van der Waals surface area contributed by atoms with Gasteiger partial charge in [0.25, 0.3) is 5.91 Å². The highest BCUT2D eigenvalue weighted by atomic mass is 16.4. The predicted octanol–water partition coefficient (Wildman–Crippen LogP) is 1.74. The number of carbonyl (C=O) groups is 3. The van der Waals surface area contributed by atoms with Gasteiger partial charge in [0, 0.05) is 18.8 Å². The van der Waals surface area contributed by atoms with Crippen molar-refractivity contribution < 1.29 is 19.5 Å². The van der Waals surface area contributed by atoms with Crippen molar-refractivity contribution in [2.45, 2.75) is 44.6 Å². The van der Waals surface area contributed by atoms with Crippen LogP contribution in [0.3, 0.4) is 0 Å². The summed E-state index contributed by atoms with van der Waals surface area (Å²) in [6.45, 7) is 1.43. The van der Waals surface area contributed by atoms with Crippen molar-refractivity contribution in [3.05, 3.63) is 23.5 Å². The van der Waals surface area contributed by atoms with Crippen LogP contribution in [0.2, 0.25) is 0 Å². The molecule has 1 aromatic rings. The second-order valence-corrected chi connectivity index (χ2v) is 5.68. The molecule has 0 saturated heterocycles. The molecule has 1 heterocycles. The summed E-state index contributed by atoms with van der Waals surface area (Å²) >= 11 is 0. The molecular weight excluding hydrogens is 272 g/mol. The first-order valence-electron chi connectivity index (χ1n) is 7.09. The molecule has 1 aliphatic rings. The Morgan fingerprint density at radius 3 is 2.33 bits per heavy atom. The van der Waals surface area contributed by atoms with Gasteiger partial charge >= 0.3 is 5.97 Å². The third kappa shape index (κ3) is 2.99. The number of carboxylic acids is 1. The maximum atomic E-state index is 12.4. The van der Waals surface area contributed by atoms with Gasteiger partial charge in [0.1, 0.15) is 11.2 Å². The minimum atomic E-state index is -1.18. The minimum Gasteiger partial charge on any atom is -0.480 e. The van der Waals surface area contributed by atoms with Crippen LogP contribution in [0.25, 0.3) is 0 Å². The highest BCUT2D eigenvalue weighted by Gasteiger charge is 2.41. The van der Waals surface area contributed by atoms with Gasteiger partial charge in [-0.15, -0.1) is 0 Å². The van der Waals surface area contributed by atoms with Gasteiger partial charge in [-0.3, -0.25) is 9.59 Å². The minimum absolute atomic E-state index is 0.129. The Labute approximate surface area is 123 Å². The summed E-state index contributed by atoms with van der Waals surface area (Å²) in [7, 11) is 1.66. The number of hydrogen-bond acceptors (Lipinski definition) is 3. The monoisotopic (exact) mass is 292 g/mol. The summed E-state index contributed by atoms with van der Waals surface area (Å²) in [4.78, 5) is 35.3. The molecular formula is C15H20N2O4. The van der Waals surface area contributed by atoms with Crippen molar-refractivity contribution in [1.29, 1.82) is 0 Å². The van der Waals surface area contributed by atoms with Crippen LogP contribution in [0, 0.1) is 0 Å². The molecule has 2 N–H and O–H groups in total. The van der Waals surface area contributed by atoms with E-state index in [1.807, 2.05) is 0 Å². The second kappa shape index (κ2) is 5.71. The number of aliphatic carboxylic acids is 1. The van der Waals surface area contributed by atoms with E-state index in [2.05, 4.69) is 5.32 Å². The fraction of sp³-hybridized carbons (Fsp3) is 0.533. The lowest BCUT2D eigenvalue weighted by atomic mass is 9.81. The van der Waals surface area contributed by atoms with Crippen LogP contribution in [-0.2, 0) is 11.8 Å². The topological polar surface area (TPSA) is 88.4 Å². The zero-order valence-electron chi connectivity index (χ0n) is 12.3. The van der Waals surface area contributed by atoms with Crippen LogP contribution >= 0.6 is 0 Å². The van der Waals surface area contributed by atoms with Crippen LogP contribution in [-0.4, -0.2) is 32.9 Å². The van der Waals surface area contributed by atoms with E-state index in [9.17, 15) is 19.5 Å². The van der Waals surface area contributed by atoms with E-state index in [1.54, 1.807) is 17.8 Å². The molecule has 2 rings (SSSR count). The molecule has 0 bridgehead atoms. The van der Waals surface area contributed by atoms with Crippen molar-refractivity contribution >= 4 is 17.7 Å². The van der Waals surface area contributed by atoms with E-state index >= 15 is 0 Å². The lowest BCUT2D eigenvalue weighted by molar-refractivity contribution is -0.145. The summed E-state index contributed by atoms with van der Waals surface area (Å²) in [6, 6.07) is 1.50. The average Bonchev–Trinajstić information content (AvgIpc) is 2.82. The van der Waals surface area contributed by atoms with Gasteiger partial charge in [-0.2, -0.15) is 0 Å². The molecule has 0 radical (unpaired) electrons. The molecule has 21 heavy (non-hydrogen) atoms. The maximum Gasteiger partial charge on any atom is 0.329 e. The second-order valence-electron chi connectivity index (χ2n) is 5.68.